The van der Waals surface area contributed by atoms with E-state index in [0.717, 1.165) is 29.6 Å². The Morgan fingerprint density at radius 3 is 3.06 bits per heavy atom. The quantitative estimate of drug-likeness (QED) is 0.929. The number of hydrogen-bond acceptors (Lipinski definition) is 3. The van der Waals surface area contributed by atoms with E-state index in [2.05, 4.69) is 28.0 Å². The number of aromatic nitrogens is 2. The molecule has 4 nitrogen and oxygen atoms in total. The van der Waals surface area contributed by atoms with Crippen LogP contribution in [0.3, 0.4) is 0 Å². The van der Waals surface area contributed by atoms with Crippen LogP contribution in [0.25, 0.3) is 0 Å². The third-order valence-electron chi connectivity index (χ3n) is 3.58. The van der Waals surface area contributed by atoms with Gasteiger partial charge in [-0.2, -0.15) is 5.10 Å². The lowest BCUT2D eigenvalue weighted by molar-refractivity contribution is -0.114. The van der Waals surface area contributed by atoms with Crippen LogP contribution in [-0.2, 0) is 16.9 Å². The first kappa shape index (κ1) is 14.0. The first-order valence-corrected chi connectivity index (χ1v) is 7.45. The van der Waals surface area contributed by atoms with E-state index < -0.39 is 5.60 Å². The van der Waals surface area contributed by atoms with Crippen molar-refractivity contribution < 1.29 is 9.84 Å². The van der Waals surface area contributed by atoms with E-state index in [4.69, 9.17) is 4.74 Å². The van der Waals surface area contributed by atoms with Gasteiger partial charge in [0.05, 0.1) is 29.1 Å². The van der Waals surface area contributed by atoms with Gasteiger partial charge in [0.2, 0.25) is 0 Å². The second kappa shape index (κ2) is 5.72. The van der Waals surface area contributed by atoms with Crippen LogP contribution in [-0.4, -0.2) is 27.6 Å². The fourth-order valence-corrected chi connectivity index (χ4v) is 3.38. The van der Waals surface area contributed by atoms with Gasteiger partial charge in [-0.1, -0.05) is 13.3 Å². The van der Waals surface area contributed by atoms with Crippen LogP contribution in [0.5, 0.6) is 0 Å². The standard InChI is InChI=1S/C13H21BrN2O2/c1-3-5-10-8-13(17,6-7-18-10)12-11(14)9-15-16(12)4-2/h9-10,17H,3-8H2,1-2H3. The molecule has 2 atom stereocenters. The van der Waals surface area contributed by atoms with Gasteiger partial charge in [-0.3, -0.25) is 4.68 Å². The van der Waals surface area contributed by atoms with E-state index in [-0.39, 0.29) is 6.10 Å². The summed E-state index contributed by atoms with van der Waals surface area (Å²) in [6.07, 6.45) is 5.29. The second-order valence-corrected chi connectivity index (χ2v) is 5.78. The average Bonchev–Trinajstić information content (AvgIpc) is 2.71. The molecule has 2 rings (SSSR count). The largest absolute Gasteiger partial charge is 0.383 e. The monoisotopic (exact) mass is 316 g/mol. The van der Waals surface area contributed by atoms with Gasteiger partial charge in [0.1, 0.15) is 5.60 Å². The van der Waals surface area contributed by atoms with E-state index in [1.807, 2.05) is 11.6 Å². The topological polar surface area (TPSA) is 47.3 Å². The lowest BCUT2D eigenvalue weighted by atomic mass is 9.86. The Kier molecular flexibility index (Phi) is 4.45. The van der Waals surface area contributed by atoms with Crippen LogP contribution in [0.15, 0.2) is 10.7 Å². The van der Waals surface area contributed by atoms with Crippen LogP contribution >= 0.6 is 15.9 Å². The molecular formula is C13H21BrN2O2. The minimum Gasteiger partial charge on any atom is -0.383 e. The highest BCUT2D eigenvalue weighted by Gasteiger charge is 2.40. The lowest BCUT2D eigenvalue weighted by Gasteiger charge is -2.37. The third-order valence-corrected chi connectivity index (χ3v) is 4.16. The summed E-state index contributed by atoms with van der Waals surface area (Å²) in [5.74, 6) is 0. The summed E-state index contributed by atoms with van der Waals surface area (Å²) in [7, 11) is 0. The summed E-state index contributed by atoms with van der Waals surface area (Å²) < 4.78 is 8.49. The SMILES string of the molecule is CCCC1CC(O)(c2c(Br)cnn2CC)CCO1. The molecular weight excluding hydrogens is 296 g/mol. The van der Waals surface area contributed by atoms with E-state index in [1.165, 1.54) is 0 Å². The molecule has 0 amide bonds. The van der Waals surface area contributed by atoms with E-state index in [9.17, 15) is 5.11 Å². The Morgan fingerprint density at radius 1 is 1.61 bits per heavy atom. The molecule has 102 valence electrons. The van der Waals surface area contributed by atoms with Crippen LogP contribution in [0.1, 0.15) is 45.2 Å². The third kappa shape index (κ3) is 2.63. The van der Waals surface area contributed by atoms with E-state index >= 15 is 0 Å². The van der Waals surface area contributed by atoms with Gasteiger partial charge in [0, 0.05) is 19.4 Å². The Labute approximate surface area is 116 Å². The first-order valence-electron chi connectivity index (χ1n) is 6.66. The molecule has 1 aromatic rings. The molecule has 0 aromatic carbocycles. The molecule has 1 saturated heterocycles. The highest BCUT2D eigenvalue weighted by molar-refractivity contribution is 9.10. The second-order valence-electron chi connectivity index (χ2n) is 4.92. The molecule has 2 heterocycles. The van der Waals surface area contributed by atoms with Gasteiger partial charge in [0.15, 0.2) is 0 Å². The highest BCUT2D eigenvalue weighted by Crippen LogP contribution is 2.39. The predicted molar refractivity (Wildman–Crippen MR) is 73.4 cm³/mol. The van der Waals surface area contributed by atoms with Gasteiger partial charge in [-0.15, -0.1) is 0 Å². The van der Waals surface area contributed by atoms with Gasteiger partial charge in [0.25, 0.3) is 0 Å². The number of aliphatic hydroxyl groups is 1. The van der Waals surface area contributed by atoms with Crippen LogP contribution < -0.4 is 0 Å². The fourth-order valence-electron chi connectivity index (χ4n) is 2.72. The van der Waals surface area contributed by atoms with Crippen molar-refractivity contribution in [2.75, 3.05) is 6.61 Å². The van der Waals surface area contributed by atoms with Crippen molar-refractivity contribution >= 4 is 15.9 Å². The molecule has 1 aromatic heterocycles. The molecule has 5 heteroatoms. The molecule has 0 radical (unpaired) electrons. The van der Waals surface area contributed by atoms with E-state index in [0.29, 0.717) is 19.4 Å². The Balaban J connectivity index is 2.26. The zero-order valence-electron chi connectivity index (χ0n) is 11.0. The minimum absolute atomic E-state index is 0.154. The van der Waals surface area contributed by atoms with Crippen LogP contribution in [0, 0.1) is 0 Å². The first-order chi connectivity index (χ1) is 8.60. The number of ether oxygens (including phenoxy) is 1. The van der Waals surface area contributed by atoms with Crippen molar-refractivity contribution in [3.8, 4) is 0 Å². The number of nitrogens with zero attached hydrogens (tertiary/aromatic N) is 2. The predicted octanol–water partition coefficient (Wildman–Crippen LogP) is 2.83. The fraction of sp³-hybridized carbons (Fsp3) is 0.769. The Bertz CT molecular complexity index is 406. The van der Waals surface area contributed by atoms with Crippen molar-refractivity contribution in [2.45, 2.75) is 57.8 Å². The average molecular weight is 317 g/mol. The molecule has 0 spiro atoms. The van der Waals surface area contributed by atoms with Gasteiger partial charge in [-0.05, 0) is 29.3 Å². The van der Waals surface area contributed by atoms with Gasteiger partial charge >= 0.3 is 0 Å². The highest BCUT2D eigenvalue weighted by atomic mass is 79.9. The zero-order valence-corrected chi connectivity index (χ0v) is 12.6. The summed E-state index contributed by atoms with van der Waals surface area (Å²) in [4.78, 5) is 0. The molecule has 0 saturated carbocycles. The summed E-state index contributed by atoms with van der Waals surface area (Å²) in [5, 5.41) is 15.2. The summed E-state index contributed by atoms with van der Waals surface area (Å²) in [6, 6.07) is 0. The summed E-state index contributed by atoms with van der Waals surface area (Å²) in [6.45, 7) is 5.56. The van der Waals surface area contributed by atoms with Crippen molar-refractivity contribution in [3.05, 3.63) is 16.4 Å². The zero-order chi connectivity index (χ0) is 13.2. The van der Waals surface area contributed by atoms with Crippen molar-refractivity contribution in [2.24, 2.45) is 0 Å². The molecule has 0 bridgehead atoms. The maximum absolute atomic E-state index is 11.0. The minimum atomic E-state index is -0.816. The van der Waals surface area contributed by atoms with Crippen molar-refractivity contribution in [1.82, 2.24) is 9.78 Å². The molecule has 0 aliphatic carbocycles. The number of rotatable bonds is 4. The number of aryl methyl sites for hydroxylation is 1. The van der Waals surface area contributed by atoms with Crippen LogP contribution in [0.2, 0.25) is 0 Å². The van der Waals surface area contributed by atoms with Gasteiger partial charge < -0.3 is 9.84 Å². The number of halogens is 1. The molecule has 1 fully saturated rings. The molecule has 1 aliphatic rings. The molecule has 1 N–H and O–H groups in total. The maximum Gasteiger partial charge on any atom is 0.112 e. The lowest BCUT2D eigenvalue weighted by Crippen LogP contribution is -2.40. The molecule has 1 aliphatic heterocycles. The molecule has 18 heavy (non-hydrogen) atoms. The Hall–Kier alpha value is -0.390. The van der Waals surface area contributed by atoms with Gasteiger partial charge in [-0.25, -0.2) is 0 Å². The van der Waals surface area contributed by atoms with Crippen molar-refractivity contribution in [3.63, 3.8) is 0 Å². The smallest absolute Gasteiger partial charge is 0.112 e. The van der Waals surface area contributed by atoms with E-state index in [1.54, 1.807) is 6.20 Å². The Morgan fingerprint density at radius 2 is 2.39 bits per heavy atom. The van der Waals surface area contributed by atoms with Crippen molar-refractivity contribution in [1.29, 1.82) is 0 Å². The summed E-state index contributed by atoms with van der Waals surface area (Å²) in [5.41, 5.74) is 0.0816. The maximum atomic E-state index is 11.0. The normalized spacial score (nSPS) is 28.6. The number of hydrogen-bond donors (Lipinski definition) is 1. The molecule has 2 unspecified atom stereocenters. The van der Waals surface area contributed by atoms with Crippen LogP contribution in [0.4, 0.5) is 0 Å². The summed E-state index contributed by atoms with van der Waals surface area (Å²) >= 11 is 3.50.